The Morgan fingerprint density at radius 3 is 2.21 bits per heavy atom. The average molecular weight is 414 g/mol. The Morgan fingerprint density at radius 1 is 1.11 bits per heavy atom. The van der Waals surface area contributed by atoms with E-state index >= 15 is 0 Å². The van der Waals surface area contributed by atoms with E-state index in [1.165, 1.54) is 12.4 Å². The summed E-state index contributed by atoms with van der Waals surface area (Å²) in [5.41, 5.74) is -0.362. The number of rotatable bonds is 5. The molecule has 0 bridgehead atoms. The van der Waals surface area contributed by atoms with Crippen LogP contribution in [0, 0.1) is 5.92 Å². The van der Waals surface area contributed by atoms with Gasteiger partial charge in [0.25, 0.3) is 0 Å². The highest BCUT2D eigenvalue weighted by Crippen LogP contribution is 2.29. The molecule has 1 aliphatic rings. The Hall–Kier alpha value is -2.36. The van der Waals surface area contributed by atoms with Gasteiger partial charge < -0.3 is 4.90 Å². The monoisotopic (exact) mass is 414 g/mol. The smallest absolute Gasteiger partial charge is 0.341 e. The van der Waals surface area contributed by atoms with Crippen LogP contribution >= 0.6 is 0 Å². The minimum Gasteiger partial charge on any atom is -0.341 e. The highest BCUT2D eigenvalue weighted by atomic mass is 32.2. The minimum absolute atomic E-state index is 0.209. The predicted molar refractivity (Wildman–Crippen MR) is 100 cm³/mol. The molecule has 3 rings (SSSR count). The molecular weight excluding hydrogens is 393 g/mol. The number of alkyl halides is 3. The normalized spacial score (nSPS) is 16.2. The van der Waals surface area contributed by atoms with Crippen molar-refractivity contribution in [2.45, 2.75) is 31.7 Å². The fourth-order valence-corrected chi connectivity index (χ4v) is 4.14. The van der Waals surface area contributed by atoms with Crippen LogP contribution in [0.5, 0.6) is 0 Å². The van der Waals surface area contributed by atoms with Gasteiger partial charge in [-0.15, -0.1) is 0 Å². The van der Waals surface area contributed by atoms with Crippen LogP contribution in [0.1, 0.15) is 30.9 Å². The molecule has 1 aliphatic heterocycles. The lowest BCUT2D eigenvalue weighted by atomic mass is 10.00. The van der Waals surface area contributed by atoms with Crippen LogP contribution in [-0.2, 0) is 22.0 Å². The van der Waals surface area contributed by atoms with E-state index in [9.17, 15) is 21.6 Å². The average Bonchev–Trinajstić information content (AvgIpc) is 2.62. The van der Waals surface area contributed by atoms with Gasteiger partial charge in [0.05, 0.1) is 29.4 Å². The molecule has 0 unspecified atom stereocenters. The summed E-state index contributed by atoms with van der Waals surface area (Å²) in [6, 6.07) is 4.03. The van der Waals surface area contributed by atoms with Crippen molar-refractivity contribution in [3.63, 3.8) is 0 Å². The SMILES string of the molecule is CC1CCN(c2ncc(NS(=O)(=O)Cc3ccc(C(F)(F)F)cc3)cn2)CC1. The summed E-state index contributed by atoms with van der Waals surface area (Å²) in [7, 11) is -3.81. The molecular formula is C18H21F3N4O2S. The first-order chi connectivity index (χ1) is 13.1. The Bertz CT molecular complexity index is 892. The first-order valence-corrected chi connectivity index (χ1v) is 10.5. The Labute approximate surface area is 161 Å². The molecule has 6 nitrogen and oxygen atoms in total. The van der Waals surface area contributed by atoms with Gasteiger partial charge >= 0.3 is 6.18 Å². The number of aromatic nitrogens is 2. The summed E-state index contributed by atoms with van der Waals surface area (Å²) < 4.78 is 64.7. The number of halogens is 3. The minimum atomic E-state index is -4.46. The third kappa shape index (κ3) is 5.34. The second-order valence-corrected chi connectivity index (χ2v) is 8.72. The summed E-state index contributed by atoms with van der Waals surface area (Å²) in [6.07, 6.45) is 0.451. The number of sulfonamides is 1. The maximum atomic E-state index is 12.6. The first kappa shape index (κ1) is 20.4. The molecule has 1 saturated heterocycles. The van der Waals surface area contributed by atoms with Gasteiger partial charge in [0.15, 0.2) is 0 Å². The standard InChI is InChI=1S/C18H21F3N4O2S/c1-13-6-8-25(9-7-13)17-22-10-16(11-23-17)24-28(26,27)12-14-2-4-15(5-3-14)18(19,20)21/h2-5,10-11,13,24H,6-9,12H2,1H3. The number of hydrogen-bond acceptors (Lipinski definition) is 5. The topological polar surface area (TPSA) is 75.2 Å². The fourth-order valence-electron chi connectivity index (χ4n) is 2.97. The fraction of sp³-hybridized carbons (Fsp3) is 0.444. The van der Waals surface area contributed by atoms with Gasteiger partial charge in [-0.05, 0) is 36.5 Å². The van der Waals surface area contributed by atoms with Gasteiger partial charge in [-0.25, -0.2) is 18.4 Å². The van der Waals surface area contributed by atoms with E-state index in [0.717, 1.165) is 50.2 Å². The van der Waals surface area contributed by atoms with E-state index in [0.29, 0.717) is 11.9 Å². The van der Waals surface area contributed by atoms with Crippen LogP contribution in [0.4, 0.5) is 24.8 Å². The van der Waals surface area contributed by atoms with Crippen molar-refractivity contribution in [1.82, 2.24) is 9.97 Å². The van der Waals surface area contributed by atoms with Crippen molar-refractivity contribution < 1.29 is 21.6 Å². The second-order valence-electron chi connectivity index (χ2n) is 7.00. The lowest BCUT2D eigenvalue weighted by Crippen LogP contribution is -2.34. The summed E-state index contributed by atoms with van der Waals surface area (Å²) >= 11 is 0. The predicted octanol–water partition coefficient (Wildman–Crippen LogP) is 3.67. The molecule has 0 amide bonds. The Morgan fingerprint density at radius 2 is 1.68 bits per heavy atom. The molecule has 0 aliphatic carbocycles. The number of nitrogens with one attached hydrogen (secondary N) is 1. The van der Waals surface area contributed by atoms with Crippen molar-refractivity contribution in [3.05, 3.63) is 47.8 Å². The van der Waals surface area contributed by atoms with Crippen LogP contribution in [0.2, 0.25) is 0 Å². The molecule has 2 aromatic rings. The largest absolute Gasteiger partial charge is 0.416 e. The summed E-state index contributed by atoms with van der Waals surface area (Å²) in [5.74, 6) is 0.779. The van der Waals surface area contributed by atoms with Crippen molar-refractivity contribution in [2.75, 3.05) is 22.7 Å². The number of nitrogens with zero attached hydrogens (tertiary/aromatic N) is 3. The van der Waals surface area contributed by atoms with Gasteiger partial charge in [-0.3, -0.25) is 4.72 Å². The zero-order valence-corrected chi connectivity index (χ0v) is 16.1. The highest BCUT2D eigenvalue weighted by Gasteiger charge is 2.30. The second kappa shape index (κ2) is 7.94. The van der Waals surface area contributed by atoms with Crippen LogP contribution in [-0.4, -0.2) is 31.5 Å². The summed E-state index contributed by atoms with van der Waals surface area (Å²) in [4.78, 5) is 10.5. The zero-order valence-electron chi connectivity index (χ0n) is 15.3. The van der Waals surface area contributed by atoms with Crippen molar-refractivity contribution in [3.8, 4) is 0 Å². The zero-order chi connectivity index (χ0) is 20.4. The molecule has 1 aromatic carbocycles. The van der Waals surface area contributed by atoms with Gasteiger partial charge in [0, 0.05) is 13.1 Å². The van der Waals surface area contributed by atoms with E-state index < -0.39 is 27.5 Å². The number of piperidine rings is 1. The molecule has 1 fully saturated rings. The van der Waals surface area contributed by atoms with Gasteiger partial charge in [-0.1, -0.05) is 19.1 Å². The maximum absolute atomic E-state index is 12.6. The molecule has 1 N–H and O–H groups in total. The Balaban J connectivity index is 1.62. The van der Waals surface area contributed by atoms with Gasteiger partial charge in [0.1, 0.15) is 0 Å². The molecule has 1 aromatic heterocycles. The van der Waals surface area contributed by atoms with E-state index in [4.69, 9.17) is 0 Å². The molecule has 10 heteroatoms. The van der Waals surface area contributed by atoms with E-state index in [1.54, 1.807) is 0 Å². The Kier molecular flexibility index (Phi) is 5.78. The molecule has 2 heterocycles. The van der Waals surface area contributed by atoms with Gasteiger partial charge in [-0.2, -0.15) is 13.2 Å². The molecule has 0 saturated carbocycles. The third-order valence-electron chi connectivity index (χ3n) is 4.62. The van der Waals surface area contributed by atoms with Crippen LogP contribution in [0.25, 0.3) is 0 Å². The van der Waals surface area contributed by atoms with Gasteiger partial charge in [0.2, 0.25) is 16.0 Å². The molecule has 152 valence electrons. The molecule has 28 heavy (non-hydrogen) atoms. The van der Waals surface area contributed by atoms with E-state index in [1.807, 2.05) is 0 Å². The van der Waals surface area contributed by atoms with Crippen molar-refractivity contribution in [2.24, 2.45) is 5.92 Å². The summed E-state index contributed by atoms with van der Waals surface area (Å²) in [6.45, 7) is 3.92. The van der Waals surface area contributed by atoms with E-state index in [-0.39, 0.29) is 11.3 Å². The third-order valence-corrected chi connectivity index (χ3v) is 5.88. The first-order valence-electron chi connectivity index (χ1n) is 8.86. The lowest BCUT2D eigenvalue weighted by molar-refractivity contribution is -0.137. The molecule has 0 atom stereocenters. The van der Waals surface area contributed by atoms with Crippen LogP contribution < -0.4 is 9.62 Å². The molecule has 0 radical (unpaired) electrons. The lowest BCUT2D eigenvalue weighted by Gasteiger charge is -2.30. The highest BCUT2D eigenvalue weighted by molar-refractivity contribution is 7.91. The molecule has 0 spiro atoms. The summed E-state index contributed by atoms with van der Waals surface area (Å²) in [5, 5.41) is 0. The van der Waals surface area contributed by atoms with Crippen LogP contribution in [0.3, 0.4) is 0 Å². The van der Waals surface area contributed by atoms with Crippen LogP contribution in [0.15, 0.2) is 36.7 Å². The number of benzene rings is 1. The van der Waals surface area contributed by atoms with Crippen molar-refractivity contribution >= 4 is 21.7 Å². The van der Waals surface area contributed by atoms with Crippen molar-refractivity contribution in [1.29, 1.82) is 0 Å². The number of anilines is 2. The number of hydrogen-bond donors (Lipinski definition) is 1. The maximum Gasteiger partial charge on any atom is 0.416 e. The van der Waals surface area contributed by atoms with E-state index in [2.05, 4.69) is 26.5 Å². The quantitative estimate of drug-likeness (QED) is 0.808.